The Morgan fingerprint density at radius 2 is 1.68 bits per heavy atom. The monoisotopic (exact) mass is 333 g/mol. The molecule has 0 saturated carbocycles. The van der Waals surface area contributed by atoms with E-state index in [0.29, 0.717) is 6.04 Å². The first-order valence-electron chi connectivity index (χ1n) is 8.88. The zero-order valence-corrected chi connectivity index (χ0v) is 14.8. The van der Waals surface area contributed by atoms with Gasteiger partial charge in [-0.25, -0.2) is 9.97 Å². The van der Waals surface area contributed by atoms with E-state index in [0.717, 1.165) is 54.3 Å². The minimum atomic E-state index is 0.404. The number of aromatic nitrogens is 2. The highest BCUT2D eigenvalue weighted by molar-refractivity contribution is 5.92. The molecule has 1 saturated heterocycles. The lowest BCUT2D eigenvalue weighted by atomic mass is 10.0. The molecule has 4 heteroatoms. The van der Waals surface area contributed by atoms with E-state index >= 15 is 0 Å². The molecule has 0 aliphatic carbocycles. The van der Waals surface area contributed by atoms with Gasteiger partial charge in [-0.3, -0.25) is 4.90 Å². The first-order chi connectivity index (χ1) is 12.2. The molecule has 25 heavy (non-hydrogen) atoms. The summed E-state index contributed by atoms with van der Waals surface area (Å²) in [5.41, 5.74) is 4.48. The van der Waals surface area contributed by atoms with E-state index in [1.165, 1.54) is 5.56 Å². The molecule has 4 nitrogen and oxygen atoms in total. The number of ether oxygens (including phenoxy) is 1. The van der Waals surface area contributed by atoms with Gasteiger partial charge in [0.25, 0.3) is 0 Å². The highest BCUT2D eigenvalue weighted by Gasteiger charge is 2.18. The molecule has 3 aromatic rings. The first-order valence-corrected chi connectivity index (χ1v) is 8.88. The number of nitrogens with zero attached hydrogens (tertiary/aromatic N) is 3. The van der Waals surface area contributed by atoms with Gasteiger partial charge in [0.1, 0.15) is 5.82 Å². The maximum Gasteiger partial charge on any atom is 0.126 e. The summed E-state index contributed by atoms with van der Waals surface area (Å²) >= 11 is 0. The fourth-order valence-corrected chi connectivity index (χ4v) is 3.51. The average Bonchev–Trinajstić information content (AvgIpc) is 2.67. The van der Waals surface area contributed by atoms with Crippen molar-refractivity contribution in [3.8, 4) is 11.3 Å². The Morgan fingerprint density at radius 1 is 0.960 bits per heavy atom. The molecule has 0 unspecified atom stereocenters. The third-order valence-electron chi connectivity index (χ3n) is 4.97. The van der Waals surface area contributed by atoms with Crippen molar-refractivity contribution in [2.24, 2.45) is 0 Å². The third-order valence-corrected chi connectivity index (χ3v) is 4.97. The third kappa shape index (κ3) is 3.28. The number of fused-ring (bicyclic) bond motifs is 1. The van der Waals surface area contributed by atoms with Gasteiger partial charge in [0.05, 0.1) is 24.4 Å². The van der Waals surface area contributed by atoms with Crippen LogP contribution in [0.4, 0.5) is 0 Å². The van der Waals surface area contributed by atoms with E-state index in [1.54, 1.807) is 0 Å². The Hall–Kier alpha value is -2.30. The van der Waals surface area contributed by atoms with Crippen LogP contribution in [0.5, 0.6) is 0 Å². The summed E-state index contributed by atoms with van der Waals surface area (Å²) < 4.78 is 5.46. The normalized spacial score (nSPS) is 16.9. The molecule has 0 radical (unpaired) electrons. The maximum atomic E-state index is 5.46. The second kappa shape index (κ2) is 6.90. The fourth-order valence-electron chi connectivity index (χ4n) is 3.51. The predicted molar refractivity (Wildman–Crippen MR) is 101 cm³/mol. The molecule has 1 aliphatic rings. The zero-order valence-electron chi connectivity index (χ0n) is 14.8. The van der Waals surface area contributed by atoms with E-state index in [-0.39, 0.29) is 0 Å². The maximum absolute atomic E-state index is 5.46. The van der Waals surface area contributed by atoms with Crippen molar-refractivity contribution in [1.82, 2.24) is 14.9 Å². The van der Waals surface area contributed by atoms with Gasteiger partial charge in [-0.1, -0.05) is 42.5 Å². The lowest BCUT2D eigenvalue weighted by Gasteiger charge is -2.32. The van der Waals surface area contributed by atoms with Gasteiger partial charge >= 0.3 is 0 Å². The number of rotatable bonds is 3. The summed E-state index contributed by atoms with van der Waals surface area (Å²) in [6.45, 7) is 7.87. The van der Waals surface area contributed by atoms with Crippen LogP contribution in [0, 0.1) is 6.92 Å². The smallest absolute Gasteiger partial charge is 0.126 e. The minimum Gasteiger partial charge on any atom is -0.379 e. The van der Waals surface area contributed by atoms with Crippen molar-refractivity contribution in [3.63, 3.8) is 0 Å². The van der Waals surface area contributed by atoms with Gasteiger partial charge in [0, 0.05) is 30.1 Å². The van der Waals surface area contributed by atoms with Crippen LogP contribution in [0.25, 0.3) is 22.2 Å². The molecular weight excluding hydrogens is 310 g/mol. The van der Waals surface area contributed by atoms with Crippen LogP contribution in [-0.2, 0) is 4.74 Å². The standard InChI is InChI=1S/C21H23N3O/c1-15(24-11-13-25-14-12-24)17-7-9-18(10-8-17)21-19-5-3-4-6-20(19)22-16(2)23-21/h3-10,15H,11-14H2,1-2H3/t15-/m1/s1. The number of aryl methyl sites for hydroxylation is 1. The summed E-state index contributed by atoms with van der Waals surface area (Å²) in [6.07, 6.45) is 0. The lowest BCUT2D eigenvalue weighted by Crippen LogP contribution is -2.37. The lowest BCUT2D eigenvalue weighted by molar-refractivity contribution is 0.0198. The number of benzene rings is 2. The molecule has 4 rings (SSSR count). The van der Waals surface area contributed by atoms with E-state index < -0.39 is 0 Å². The van der Waals surface area contributed by atoms with Crippen molar-refractivity contribution in [2.45, 2.75) is 19.9 Å². The van der Waals surface area contributed by atoms with Gasteiger partial charge in [0.15, 0.2) is 0 Å². The summed E-state index contributed by atoms with van der Waals surface area (Å²) in [7, 11) is 0. The predicted octanol–water partition coefficient (Wildman–Crippen LogP) is 4.00. The topological polar surface area (TPSA) is 38.2 Å². The minimum absolute atomic E-state index is 0.404. The molecule has 1 fully saturated rings. The SMILES string of the molecule is Cc1nc(-c2ccc([C@@H](C)N3CCOCC3)cc2)c2ccccc2n1. The van der Waals surface area contributed by atoms with Crippen molar-refractivity contribution in [2.75, 3.05) is 26.3 Å². The van der Waals surface area contributed by atoms with Crippen molar-refractivity contribution in [1.29, 1.82) is 0 Å². The van der Waals surface area contributed by atoms with Gasteiger partial charge in [-0.15, -0.1) is 0 Å². The Balaban J connectivity index is 1.66. The number of para-hydroxylation sites is 1. The van der Waals surface area contributed by atoms with Crippen molar-refractivity contribution >= 4 is 10.9 Å². The summed E-state index contributed by atoms with van der Waals surface area (Å²) in [5.74, 6) is 0.805. The second-order valence-electron chi connectivity index (χ2n) is 6.58. The van der Waals surface area contributed by atoms with Gasteiger partial charge in [-0.2, -0.15) is 0 Å². The average molecular weight is 333 g/mol. The molecule has 1 aromatic heterocycles. The molecule has 2 aromatic carbocycles. The molecular formula is C21H23N3O. The second-order valence-corrected chi connectivity index (χ2v) is 6.58. The Labute approximate surface area is 148 Å². The molecule has 2 heterocycles. The van der Waals surface area contributed by atoms with Crippen LogP contribution >= 0.6 is 0 Å². The van der Waals surface area contributed by atoms with E-state index in [1.807, 2.05) is 25.1 Å². The number of hydrogen-bond donors (Lipinski definition) is 0. The van der Waals surface area contributed by atoms with E-state index in [2.05, 4.69) is 47.1 Å². The van der Waals surface area contributed by atoms with Gasteiger partial charge in [-0.05, 0) is 25.5 Å². The summed E-state index contributed by atoms with van der Waals surface area (Å²) in [6, 6.07) is 17.4. The molecule has 1 atom stereocenters. The van der Waals surface area contributed by atoms with Gasteiger partial charge < -0.3 is 4.74 Å². The van der Waals surface area contributed by atoms with Crippen LogP contribution in [0.1, 0.15) is 24.4 Å². The molecule has 0 spiro atoms. The summed E-state index contributed by atoms with van der Waals surface area (Å²) in [4.78, 5) is 11.7. The molecule has 0 N–H and O–H groups in total. The first kappa shape index (κ1) is 16.2. The van der Waals surface area contributed by atoms with E-state index in [4.69, 9.17) is 9.72 Å². The molecule has 0 amide bonds. The largest absolute Gasteiger partial charge is 0.379 e. The van der Waals surface area contributed by atoms with Crippen LogP contribution in [0.2, 0.25) is 0 Å². The van der Waals surface area contributed by atoms with Crippen molar-refractivity contribution < 1.29 is 4.74 Å². The van der Waals surface area contributed by atoms with Gasteiger partial charge in [0.2, 0.25) is 0 Å². The van der Waals surface area contributed by atoms with Crippen molar-refractivity contribution in [3.05, 3.63) is 59.9 Å². The zero-order chi connectivity index (χ0) is 17.2. The Morgan fingerprint density at radius 3 is 2.44 bits per heavy atom. The quantitative estimate of drug-likeness (QED) is 0.726. The molecule has 128 valence electrons. The van der Waals surface area contributed by atoms with Crippen LogP contribution in [-0.4, -0.2) is 41.2 Å². The Kier molecular flexibility index (Phi) is 4.47. The molecule has 1 aliphatic heterocycles. The Bertz CT molecular complexity index is 870. The number of morpholine rings is 1. The van der Waals surface area contributed by atoms with Crippen LogP contribution in [0.3, 0.4) is 0 Å². The van der Waals surface area contributed by atoms with Crippen LogP contribution < -0.4 is 0 Å². The molecule has 0 bridgehead atoms. The fraction of sp³-hybridized carbons (Fsp3) is 0.333. The highest BCUT2D eigenvalue weighted by Crippen LogP contribution is 2.28. The number of hydrogen-bond acceptors (Lipinski definition) is 4. The van der Waals surface area contributed by atoms with E-state index in [9.17, 15) is 0 Å². The van der Waals surface area contributed by atoms with Crippen LogP contribution in [0.15, 0.2) is 48.5 Å². The summed E-state index contributed by atoms with van der Waals surface area (Å²) in [5, 5.41) is 1.10. The highest BCUT2D eigenvalue weighted by atomic mass is 16.5.